The number of aromatic nitrogens is 2. The Morgan fingerprint density at radius 2 is 1.76 bits per heavy atom. The van der Waals surface area contributed by atoms with Gasteiger partial charge in [-0.05, 0) is 18.2 Å². The van der Waals surface area contributed by atoms with Crippen LogP contribution in [0.5, 0.6) is 5.75 Å². The van der Waals surface area contributed by atoms with E-state index in [0.717, 1.165) is 23.4 Å². The highest BCUT2D eigenvalue weighted by Gasteiger charge is 2.05. The van der Waals surface area contributed by atoms with Crippen LogP contribution in [0.1, 0.15) is 5.56 Å². The highest BCUT2D eigenvalue weighted by atomic mass is 19.2. The van der Waals surface area contributed by atoms with Gasteiger partial charge in [0.2, 0.25) is 0 Å². The third-order valence-electron chi connectivity index (χ3n) is 3.51. The van der Waals surface area contributed by atoms with Crippen molar-refractivity contribution in [2.24, 2.45) is 0 Å². The number of rotatable bonds is 6. The predicted octanol–water partition coefficient (Wildman–Crippen LogP) is 4.12. The van der Waals surface area contributed by atoms with Crippen LogP contribution in [-0.4, -0.2) is 17.1 Å². The van der Waals surface area contributed by atoms with Crippen molar-refractivity contribution >= 4 is 17.3 Å². The molecule has 0 aliphatic carbocycles. The first-order valence-electron chi connectivity index (χ1n) is 7.55. The minimum atomic E-state index is -0.923. The summed E-state index contributed by atoms with van der Waals surface area (Å²) in [5.74, 6) is 0.0136. The van der Waals surface area contributed by atoms with E-state index in [0.29, 0.717) is 23.9 Å². The Hall–Kier alpha value is -3.22. The summed E-state index contributed by atoms with van der Waals surface area (Å²) >= 11 is 0. The number of para-hydroxylation sites is 1. The van der Waals surface area contributed by atoms with Gasteiger partial charge in [-0.2, -0.15) is 0 Å². The second-order valence-electron chi connectivity index (χ2n) is 5.21. The van der Waals surface area contributed by atoms with E-state index in [2.05, 4.69) is 20.6 Å². The topological polar surface area (TPSA) is 59.1 Å². The van der Waals surface area contributed by atoms with Crippen molar-refractivity contribution in [3.63, 3.8) is 0 Å². The fourth-order valence-electron chi connectivity index (χ4n) is 2.28. The van der Waals surface area contributed by atoms with Gasteiger partial charge < -0.3 is 15.4 Å². The largest absolute Gasteiger partial charge is 0.496 e. The minimum absolute atomic E-state index is 0.397. The van der Waals surface area contributed by atoms with Crippen molar-refractivity contribution in [1.82, 2.24) is 9.97 Å². The van der Waals surface area contributed by atoms with Crippen molar-refractivity contribution in [2.75, 3.05) is 17.7 Å². The zero-order valence-electron chi connectivity index (χ0n) is 13.5. The van der Waals surface area contributed by atoms with Crippen LogP contribution in [0, 0.1) is 11.6 Å². The summed E-state index contributed by atoms with van der Waals surface area (Å²) in [6.45, 7) is 0.519. The number of halogens is 2. The molecule has 0 bridgehead atoms. The van der Waals surface area contributed by atoms with Gasteiger partial charge in [0.05, 0.1) is 7.11 Å². The van der Waals surface area contributed by atoms with Crippen LogP contribution < -0.4 is 15.4 Å². The van der Waals surface area contributed by atoms with Crippen LogP contribution in [-0.2, 0) is 6.54 Å². The molecule has 1 aromatic heterocycles. The van der Waals surface area contributed by atoms with E-state index in [1.165, 1.54) is 12.4 Å². The molecule has 0 saturated carbocycles. The number of hydrogen-bond acceptors (Lipinski definition) is 5. The predicted molar refractivity (Wildman–Crippen MR) is 92.0 cm³/mol. The summed E-state index contributed by atoms with van der Waals surface area (Å²) in [4.78, 5) is 8.22. The minimum Gasteiger partial charge on any atom is -0.496 e. The monoisotopic (exact) mass is 342 g/mol. The molecule has 3 rings (SSSR count). The Balaban J connectivity index is 1.70. The van der Waals surface area contributed by atoms with Gasteiger partial charge in [-0.1, -0.05) is 18.2 Å². The van der Waals surface area contributed by atoms with Gasteiger partial charge in [0.1, 0.15) is 23.7 Å². The van der Waals surface area contributed by atoms with E-state index >= 15 is 0 Å². The second kappa shape index (κ2) is 7.57. The van der Waals surface area contributed by atoms with Crippen LogP contribution in [0.4, 0.5) is 26.1 Å². The number of nitrogens with zero attached hydrogens (tertiary/aromatic N) is 2. The van der Waals surface area contributed by atoms with Crippen LogP contribution in [0.25, 0.3) is 0 Å². The number of benzene rings is 2. The van der Waals surface area contributed by atoms with Crippen LogP contribution in [0.3, 0.4) is 0 Å². The molecule has 0 spiro atoms. The molecule has 128 valence electrons. The molecule has 0 aliphatic heterocycles. The molecule has 0 unspecified atom stereocenters. The summed E-state index contributed by atoms with van der Waals surface area (Å²) in [6, 6.07) is 12.9. The Bertz CT molecular complexity index is 873. The van der Waals surface area contributed by atoms with Crippen LogP contribution in [0.2, 0.25) is 0 Å². The summed E-state index contributed by atoms with van der Waals surface area (Å²) < 4.78 is 31.6. The molecule has 3 aromatic rings. The lowest BCUT2D eigenvalue weighted by molar-refractivity contribution is 0.410. The van der Waals surface area contributed by atoms with E-state index in [1.807, 2.05) is 24.3 Å². The first-order chi connectivity index (χ1) is 12.2. The van der Waals surface area contributed by atoms with Crippen molar-refractivity contribution in [3.8, 4) is 5.75 Å². The maximum absolute atomic E-state index is 13.3. The molecule has 0 amide bonds. The lowest BCUT2D eigenvalue weighted by Gasteiger charge is -2.11. The maximum atomic E-state index is 13.3. The van der Waals surface area contributed by atoms with Crippen molar-refractivity contribution in [3.05, 3.63) is 72.1 Å². The van der Waals surface area contributed by atoms with Gasteiger partial charge in [0.25, 0.3) is 0 Å². The fraction of sp³-hybridized carbons (Fsp3) is 0.111. The number of hydrogen-bond donors (Lipinski definition) is 2. The Morgan fingerprint density at radius 1 is 0.960 bits per heavy atom. The normalized spacial score (nSPS) is 10.4. The summed E-state index contributed by atoms with van der Waals surface area (Å²) in [6.07, 6.45) is 1.38. The number of nitrogens with one attached hydrogen (secondary N) is 2. The molecule has 0 saturated heterocycles. The van der Waals surface area contributed by atoms with Gasteiger partial charge in [-0.25, -0.2) is 18.7 Å². The molecular formula is C18H16F2N4O. The van der Waals surface area contributed by atoms with E-state index in [4.69, 9.17) is 4.74 Å². The lowest BCUT2D eigenvalue weighted by Crippen LogP contribution is -2.04. The summed E-state index contributed by atoms with van der Waals surface area (Å²) in [5.41, 5.74) is 1.38. The fourth-order valence-corrected chi connectivity index (χ4v) is 2.28. The standard InChI is InChI=1S/C18H16F2N4O/c1-25-16-5-3-2-4-12(16)10-21-17-9-18(23-11-22-17)24-13-6-7-14(19)15(20)8-13/h2-9,11H,10H2,1H3,(H2,21,22,23,24). The van der Waals surface area contributed by atoms with E-state index in [1.54, 1.807) is 13.2 Å². The highest BCUT2D eigenvalue weighted by Crippen LogP contribution is 2.21. The van der Waals surface area contributed by atoms with E-state index < -0.39 is 11.6 Å². The second-order valence-corrected chi connectivity index (χ2v) is 5.21. The number of anilines is 3. The van der Waals surface area contributed by atoms with Crippen molar-refractivity contribution in [1.29, 1.82) is 0 Å². The van der Waals surface area contributed by atoms with Crippen molar-refractivity contribution in [2.45, 2.75) is 6.54 Å². The lowest BCUT2D eigenvalue weighted by atomic mass is 10.2. The van der Waals surface area contributed by atoms with Crippen molar-refractivity contribution < 1.29 is 13.5 Å². The van der Waals surface area contributed by atoms with E-state index in [-0.39, 0.29) is 0 Å². The summed E-state index contributed by atoms with van der Waals surface area (Å²) in [7, 11) is 1.62. The average Bonchev–Trinajstić information content (AvgIpc) is 2.63. The number of methoxy groups -OCH3 is 1. The molecule has 2 N–H and O–H groups in total. The molecule has 0 aliphatic rings. The smallest absolute Gasteiger partial charge is 0.160 e. The van der Waals surface area contributed by atoms with Gasteiger partial charge >= 0.3 is 0 Å². The quantitative estimate of drug-likeness (QED) is 0.706. The average molecular weight is 342 g/mol. The molecule has 25 heavy (non-hydrogen) atoms. The number of ether oxygens (including phenoxy) is 1. The Morgan fingerprint density at radius 3 is 2.56 bits per heavy atom. The molecule has 1 heterocycles. The first-order valence-corrected chi connectivity index (χ1v) is 7.55. The first kappa shape index (κ1) is 16.6. The van der Waals surface area contributed by atoms with E-state index in [9.17, 15) is 8.78 Å². The maximum Gasteiger partial charge on any atom is 0.160 e. The van der Waals surface area contributed by atoms with Crippen LogP contribution >= 0.6 is 0 Å². The zero-order valence-corrected chi connectivity index (χ0v) is 13.5. The Labute approximate surface area is 143 Å². The SMILES string of the molecule is COc1ccccc1CNc1cc(Nc2ccc(F)c(F)c2)ncn1. The third kappa shape index (κ3) is 4.20. The molecular weight excluding hydrogens is 326 g/mol. The zero-order chi connectivity index (χ0) is 17.6. The molecule has 2 aromatic carbocycles. The molecule has 0 fully saturated rings. The van der Waals surface area contributed by atoms with Gasteiger partial charge in [0, 0.05) is 29.9 Å². The van der Waals surface area contributed by atoms with Crippen LogP contribution in [0.15, 0.2) is 54.9 Å². The third-order valence-corrected chi connectivity index (χ3v) is 3.51. The Kier molecular flexibility index (Phi) is 5.03. The molecule has 5 nitrogen and oxygen atoms in total. The molecule has 7 heteroatoms. The summed E-state index contributed by atoms with van der Waals surface area (Å²) in [5, 5.41) is 6.09. The van der Waals surface area contributed by atoms with Gasteiger partial charge in [-0.3, -0.25) is 0 Å². The van der Waals surface area contributed by atoms with Gasteiger partial charge in [-0.15, -0.1) is 0 Å². The van der Waals surface area contributed by atoms with Gasteiger partial charge in [0.15, 0.2) is 11.6 Å². The molecule has 0 radical (unpaired) electrons. The highest BCUT2D eigenvalue weighted by molar-refractivity contribution is 5.59. The molecule has 0 atom stereocenters.